The quantitative estimate of drug-likeness (QED) is 0.221. The summed E-state index contributed by atoms with van der Waals surface area (Å²) in [4.78, 5) is 0. The molecule has 1 heterocycles. The molecule has 0 unspecified atom stereocenters. The number of fused-ring (bicyclic) bond motifs is 1. The number of nitrogen functional groups attached to an aromatic ring is 1. The van der Waals surface area contributed by atoms with Crippen molar-refractivity contribution in [2.24, 2.45) is 11.8 Å². The van der Waals surface area contributed by atoms with Crippen LogP contribution in [0.2, 0.25) is 0 Å². The highest BCUT2D eigenvalue weighted by molar-refractivity contribution is 5.97. The number of benzene rings is 2. The Bertz CT molecular complexity index is 1260. The molecular formula is C30H36FN3. The molecule has 2 saturated carbocycles. The number of nitrogens with one attached hydrogen (secondary N) is 1. The highest BCUT2D eigenvalue weighted by atomic mass is 19.1. The average Bonchev–Trinajstić information content (AvgIpc) is 3.10. The summed E-state index contributed by atoms with van der Waals surface area (Å²) in [7, 11) is 0. The molecular weight excluding hydrogens is 421 g/mol. The average molecular weight is 458 g/mol. The van der Waals surface area contributed by atoms with Gasteiger partial charge in [0.1, 0.15) is 5.82 Å². The van der Waals surface area contributed by atoms with Crippen LogP contribution in [0.5, 0.6) is 0 Å². The van der Waals surface area contributed by atoms with Crippen molar-refractivity contribution in [2.45, 2.75) is 71.1 Å². The lowest BCUT2D eigenvalue weighted by atomic mass is 9.69. The van der Waals surface area contributed by atoms with Gasteiger partial charge in [0.05, 0.1) is 5.52 Å². The minimum atomic E-state index is -0.176. The van der Waals surface area contributed by atoms with Gasteiger partial charge >= 0.3 is 0 Å². The van der Waals surface area contributed by atoms with Crippen LogP contribution >= 0.6 is 0 Å². The largest absolute Gasteiger partial charge is 0.398 e. The van der Waals surface area contributed by atoms with Crippen LogP contribution in [-0.4, -0.2) is 10.8 Å². The number of nitrogens with zero attached hydrogens (tertiary/aromatic N) is 1. The number of anilines is 1. The molecule has 0 atom stereocenters. The van der Waals surface area contributed by atoms with Crippen molar-refractivity contribution >= 4 is 22.8 Å². The smallest absolute Gasteiger partial charge is 0.126 e. The Morgan fingerprint density at radius 2 is 1.91 bits per heavy atom. The monoisotopic (exact) mass is 457 g/mol. The van der Waals surface area contributed by atoms with E-state index < -0.39 is 0 Å². The molecule has 2 aliphatic carbocycles. The zero-order valence-electron chi connectivity index (χ0n) is 20.5. The SMILES string of the molecule is C=C(C)C1CC(Cc2c(C3CCCCC3)n(-c3ccc(F)c(C)c3)c3cc(C=N)c(N)cc23)C1. The van der Waals surface area contributed by atoms with E-state index in [0.717, 1.165) is 23.2 Å². The fourth-order valence-corrected chi connectivity index (χ4v) is 6.23. The number of aryl methyl sites for hydroxylation is 1. The van der Waals surface area contributed by atoms with E-state index in [1.165, 1.54) is 73.4 Å². The Hall–Kier alpha value is -2.88. The van der Waals surface area contributed by atoms with Crippen LogP contribution in [0.3, 0.4) is 0 Å². The van der Waals surface area contributed by atoms with Crippen molar-refractivity contribution in [2.75, 3.05) is 5.73 Å². The number of hydrogen-bond acceptors (Lipinski definition) is 2. The van der Waals surface area contributed by atoms with E-state index in [1.807, 2.05) is 19.1 Å². The molecule has 0 spiro atoms. The van der Waals surface area contributed by atoms with E-state index in [4.69, 9.17) is 11.1 Å². The first-order chi connectivity index (χ1) is 16.4. The van der Waals surface area contributed by atoms with Crippen LogP contribution in [0.4, 0.5) is 10.1 Å². The third kappa shape index (κ3) is 3.97. The van der Waals surface area contributed by atoms with Gasteiger partial charge in [0.15, 0.2) is 0 Å². The summed E-state index contributed by atoms with van der Waals surface area (Å²) < 4.78 is 16.6. The standard InChI is InChI=1S/C30H36FN3/c1-18(2)22-12-20(13-22)14-26-25-16-28(33)23(17-32)15-29(25)34(24-9-10-27(31)19(3)11-24)30(26)21-7-5-4-6-8-21/h9-11,15-17,20-22,32H,1,4-8,12-14,33H2,2-3H3. The van der Waals surface area contributed by atoms with Crippen LogP contribution in [0.1, 0.15) is 80.2 Å². The molecule has 3 aromatic rings. The van der Waals surface area contributed by atoms with Gasteiger partial charge in [-0.3, -0.25) is 0 Å². The van der Waals surface area contributed by atoms with E-state index in [-0.39, 0.29) is 5.82 Å². The van der Waals surface area contributed by atoms with Crippen molar-refractivity contribution in [3.05, 3.63) is 70.7 Å². The fraction of sp³-hybridized carbons (Fsp3) is 0.433. The van der Waals surface area contributed by atoms with Crippen molar-refractivity contribution in [3.63, 3.8) is 0 Å². The van der Waals surface area contributed by atoms with Gasteiger partial charge in [-0.25, -0.2) is 4.39 Å². The van der Waals surface area contributed by atoms with E-state index in [2.05, 4.69) is 30.2 Å². The predicted octanol–water partition coefficient (Wildman–Crippen LogP) is 7.85. The Morgan fingerprint density at radius 3 is 2.56 bits per heavy atom. The van der Waals surface area contributed by atoms with Gasteiger partial charge in [-0.1, -0.05) is 31.4 Å². The van der Waals surface area contributed by atoms with Gasteiger partial charge in [-0.05, 0) is 105 Å². The van der Waals surface area contributed by atoms with Gasteiger partial charge in [-0.15, -0.1) is 0 Å². The number of nitrogens with two attached hydrogens (primary N) is 1. The molecule has 178 valence electrons. The summed E-state index contributed by atoms with van der Waals surface area (Å²) in [5.74, 6) is 1.61. The Balaban J connectivity index is 1.73. The molecule has 5 rings (SSSR count). The summed E-state index contributed by atoms with van der Waals surface area (Å²) in [5, 5.41) is 9.09. The normalized spacial score (nSPS) is 20.9. The van der Waals surface area contributed by atoms with E-state index >= 15 is 0 Å². The van der Waals surface area contributed by atoms with Gasteiger partial charge in [0.2, 0.25) is 0 Å². The number of aromatic nitrogens is 1. The zero-order valence-corrected chi connectivity index (χ0v) is 20.5. The maximum atomic E-state index is 14.2. The highest BCUT2D eigenvalue weighted by Gasteiger charge is 2.33. The maximum Gasteiger partial charge on any atom is 0.126 e. The molecule has 0 bridgehead atoms. The fourth-order valence-electron chi connectivity index (χ4n) is 6.23. The summed E-state index contributed by atoms with van der Waals surface area (Å²) >= 11 is 0. The van der Waals surface area contributed by atoms with Gasteiger partial charge in [0, 0.05) is 34.2 Å². The summed E-state index contributed by atoms with van der Waals surface area (Å²) in [6.07, 6.45) is 11.0. The third-order valence-electron chi connectivity index (χ3n) is 8.29. The van der Waals surface area contributed by atoms with Crippen molar-refractivity contribution in [1.82, 2.24) is 4.57 Å². The molecule has 0 aliphatic heterocycles. The zero-order chi connectivity index (χ0) is 24.0. The summed E-state index contributed by atoms with van der Waals surface area (Å²) in [5.41, 5.74) is 14.6. The summed E-state index contributed by atoms with van der Waals surface area (Å²) in [6, 6.07) is 9.59. The minimum Gasteiger partial charge on any atom is -0.398 e. The van der Waals surface area contributed by atoms with Crippen molar-refractivity contribution in [1.29, 1.82) is 5.41 Å². The number of allylic oxidation sites excluding steroid dienone is 1. The first-order valence-electron chi connectivity index (χ1n) is 12.8. The molecule has 34 heavy (non-hydrogen) atoms. The molecule has 3 nitrogen and oxygen atoms in total. The molecule has 2 fully saturated rings. The molecule has 0 amide bonds. The van der Waals surface area contributed by atoms with Crippen LogP contribution in [-0.2, 0) is 6.42 Å². The number of rotatable bonds is 6. The van der Waals surface area contributed by atoms with Crippen LogP contribution in [0, 0.1) is 30.0 Å². The van der Waals surface area contributed by atoms with E-state index in [0.29, 0.717) is 29.0 Å². The van der Waals surface area contributed by atoms with E-state index in [9.17, 15) is 4.39 Å². The molecule has 2 aromatic carbocycles. The number of hydrogen-bond donors (Lipinski definition) is 2. The third-order valence-corrected chi connectivity index (χ3v) is 8.29. The predicted molar refractivity (Wildman–Crippen MR) is 141 cm³/mol. The lowest BCUT2D eigenvalue weighted by molar-refractivity contribution is 0.227. The topological polar surface area (TPSA) is 54.8 Å². The van der Waals surface area contributed by atoms with E-state index in [1.54, 1.807) is 6.07 Å². The second-order valence-electron chi connectivity index (χ2n) is 10.7. The Kier molecular flexibility index (Phi) is 6.09. The Morgan fingerprint density at radius 1 is 1.18 bits per heavy atom. The highest BCUT2D eigenvalue weighted by Crippen LogP contribution is 2.46. The molecule has 3 N–H and O–H groups in total. The first-order valence-corrected chi connectivity index (χ1v) is 12.8. The van der Waals surface area contributed by atoms with Gasteiger partial charge in [0.25, 0.3) is 0 Å². The second-order valence-corrected chi connectivity index (χ2v) is 10.7. The van der Waals surface area contributed by atoms with Crippen LogP contribution in [0.25, 0.3) is 16.6 Å². The molecule has 2 aliphatic rings. The lowest BCUT2D eigenvalue weighted by Gasteiger charge is -2.36. The Labute approximate surface area is 202 Å². The van der Waals surface area contributed by atoms with Gasteiger partial charge < -0.3 is 15.7 Å². The minimum absolute atomic E-state index is 0.176. The maximum absolute atomic E-state index is 14.2. The first kappa shape index (κ1) is 22.9. The second kappa shape index (κ2) is 9.05. The molecule has 4 heteroatoms. The molecule has 0 radical (unpaired) electrons. The van der Waals surface area contributed by atoms with Crippen LogP contribution in [0.15, 0.2) is 42.5 Å². The number of halogens is 1. The van der Waals surface area contributed by atoms with Crippen LogP contribution < -0.4 is 5.73 Å². The van der Waals surface area contributed by atoms with Crippen molar-refractivity contribution in [3.8, 4) is 5.69 Å². The summed E-state index contributed by atoms with van der Waals surface area (Å²) in [6.45, 7) is 8.16. The van der Waals surface area contributed by atoms with Crippen molar-refractivity contribution < 1.29 is 4.39 Å². The molecule has 0 saturated heterocycles. The van der Waals surface area contributed by atoms with Gasteiger partial charge in [-0.2, -0.15) is 0 Å². The molecule has 1 aromatic heterocycles. The lowest BCUT2D eigenvalue weighted by Crippen LogP contribution is -2.26.